The fourth-order valence-electron chi connectivity index (χ4n) is 4.03. The lowest BCUT2D eigenvalue weighted by atomic mass is 9.95. The van der Waals surface area contributed by atoms with Crippen molar-refractivity contribution in [2.45, 2.75) is 6.04 Å². The van der Waals surface area contributed by atoms with Gasteiger partial charge in [-0.2, -0.15) is 0 Å². The van der Waals surface area contributed by atoms with Gasteiger partial charge in [0, 0.05) is 16.3 Å². The molecule has 0 radical (unpaired) electrons. The molecule has 3 aromatic rings. The molecular formula is C25H17ClFNO5. The van der Waals surface area contributed by atoms with E-state index < -0.39 is 23.5 Å². The van der Waals surface area contributed by atoms with Crippen molar-refractivity contribution in [2.75, 3.05) is 18.1 Å². The van der Waals surface area contributed by atoms with Gasteiger partial charge in [-0.05, 0) is 54.1 Å². The highest BCUT2D eigenvalue weighted by molar-refractivity contribution is 6.51. The fraction of sp³-hybridized carbons (Fsp3) is 0.120. The molecule has 1 fully saturated rings. The van der Waals surface area contributed by atoms with Crippen molar-refractivity contribution in [2.24, 2.45) is 0 Å². The number of benzene rings is 3. The number of amides is 1. The van der Waals surface area contributed by atoms with Crippen LogP contribution >= 0.6 is 11.6 Å². The third-order valence-electron chi connectivity index (χ3n) is 5.53. The number of nitrogens with zero attached hydrogens (tertiary/aromatic N) is 1. The topological polar surface area (TPSA) is 76.1 Å². The number of anilines is 1. The molecule has 1 saturated heterocycles. The van der Waals surface area contributed by atoms with Crippen molar-refractivity contribution in [3.05, 3.63) is 94.3 Å². The Labute approximate surface area is 193 Å². The number of Topliss-reactive ketones (excluding diaryl/α,β-unsaturated/α-hetero) is 1. The fourth-order valence-corrected chi connectivity index (χ4v) is 4.16. The first-order chi connectivity index (χ1) is 15.9. The molecule has 166 valence electrons. The van der Waals surface area contributed by atoms with E-state index in [4.69, 9.17) is 21.1 Å². The van der Waals surface area contributed by atoms with E-state index >= 15 is 0 Å². The van der Waals surface area contributed by atoms with E-state index in [0.29, 0.717) is 35.3 Å². The number of carbonyl (C=O) groups excluding carboxylic acids is 2. The lowest BCUT2D eigenvalue weighted by molar-refractivity contribution is -0.132. The molecule has 6 nitrogen and oxygen atoms in total. The minimum atomic E-state index is -0.989. The summed E-state index contributed by atoms with van der Waals surface area (Å²) in [6.07, 6.45) is 0. The zero-order valence-electron chi connectivity index (χ0n) is 17.1. The number of rotatable bonds is 3. The number of ether oxygens (including phenoxy) is 2. The van der Waals surface area contributed by atoms with E-state index in [2.05, 4.69) is 0 Å². The molecule has 2 aliphatic heterocycles. The van der Waals surface area contributed by atoms with Crippen molar-refractivity contribution in [1.82, 2.24) is 0 Å². The highest BCUT2D eigenvalue weighted by atomic mass is 35.5. The van der Waals surface area contributed by atoms with E-state index in [-0.39, 0.29) is 22.6 Å². The van der Waals surface area contributed by atoms with E-state index in [9.17, 15) is 19.1 Å². The third kappa shape index (κ3) is 3.70. The van der Waals surface area contributed by atoms with Gasteiger partial charge in [-0.25, -0.2) is 4.39 Å². The molecule has 1 amide bonds. The van der Waals surface area contributed by atoms with Gasteiger partial charge < -0.3 is 14.6 Å². The number of aliphatic hydroxyl groups excluding tert-OH is 1. The first-order valence-electron chi connectivity index (χ1n) is 10.2. The van der Waals surface area contributed by atoms with Gasteiger partial charge in [0.2, 0.25) is 0 Å². The minimum Gasteiger partial charge on any atom is -0.507 e. The van der Waals surface area contributed by atoms with Gasteiger partial charge in [0.15, 0.2) is 11.5 Å². The summed E-state index contributed by atoms with van der Waals surface area (Å²) in [7, 11) is 0. The minimum absolute atomic E-state index is 0.122. The van der Waals surface area contributed by atoms with E-state index in [1.54, 1.807) is 42.5 Å². The predicted octanol–water partition coefficient (Wildman–Crippen LogP) is 4.88. The molecule has 1 atom stereocenters. The molecule has 0 saturated carbocycles. The maximum absolute atomic E-state index is 14.0. The summed E-state index contributed by atoms with van der Waals surface area (Å²) in [5.74, 6) is -1.74. The smallest absolute Gasteiger partial charge is 0.300 e. The summed E-state index contributed by atoms with van der Waals surface area (Å²) in [5, 5.41) is 11.7. The number of fused-ring (bicyclic) bond motifs is 1. The van der Waals surface area contributed by atoms with E-state index in [1.165, 1.54) is 23.1 Å². The molecule has 1 unspecified atom stereocenters. The van der Waals surface area contributed by atoms with Crippen LogP contribution in [0.4, 0.5) is 10.1 Å². The first-order valence-corrected chi connectivity index (χ1v) is 10.5. The molecular weight excluding hydrogens is 449 g/mol. The van der Waals surface area contributed by atoms with Crippen LogP contribution in [0.1, 0.15) is 17.2 Å². The Hall–Kier alpha value is -3.84. The van der Waals surface area contributed by atoms with Gasteiger partial charge in [0.25, 0.3) is 11.7 Å². The standard InChI is InChI=1S/C25H17ClFNO5/c26-16-7-4-14(5-8-16)22-21(23(29)15-6-9-19-20(12-15)33-11-10-32-19)24(30)25(31)28(22)18-3-1-2-17(27)13-18/h1-9,12-13,22,29H,10-11H2/b23-21-. The van der Waals surface area contributed by atoms with Gasteiger partial charge >= 0.3 is 0 Å². The number of hydrogen-bond acceptors (Lipinski definition) is 5. The Balaban J connectivity index is 1.69. The van der Waals surface area contributed by atoms with Crippen molar-refractivity contribution in [1.29, 1.82) is 0 Å². The van der Waals surface area contributed by atoms with Crippen LogP contribution in [0.15, 0.2) is 72.3 Å². The summed E-state index contributed by atoms with van der Waals surface area (Å²) >= 11 is 6.03. The average molecular weight is 466 g/mol. The second-order valence-corrected chi connectivity index (χ2v) is 8.00. The molecule has 5 rings (SSSR count). The summed E-state index contributed by atoms with van der Waals surface area (Å²) in [4.78, 5) is 27.4. The summed E-state index contributed by atoms with van der Waals surface area (Å²) < 4.78 is 25.1. The normalized spacial score (nSPS) is 19.1. The number of aliphatic hydroxyl groups is 1. The summed E-state index contributed by atoms with van der Waals surface area (Å²) in [5.41, 5.74) is 0.888. The van der Waals surface area contributed by atoms with Crippen molar-refractivity contribution >= 4 is 34.7 Å². The van der Waals surface area contributed by atoms with Gasteiger partial charge in [-0.3, -0.25) is 14.5 Å². The molecule has 3 aromatic carbocycles. The highest BCUT2D eigenvalue weighted by Crippen LogP contribution is 2.43. The maximum atomic E-state index is 14.0. The largest absolute Gasteiger partial charge is 0.507 e. The Kier molecular flexibility index (Phi) is 5.26. The monoisotopic (exact) mass is 465 g/mol. The zero-order valence-corrected chi connectivity index (χ0v) is 17.9. The quantitative estimate of drug-likeness (QED) is 0.339. The third-order valence-corrected chi connectivity index (χ3v) is 5.78. The molecule has 0 bridgehead atoms. The van der Waals surface area contributed by atoms with Crippen LogP contribution in [0.2, 0.25) is 5.02 Å². The second-order valence-electron chi connectivity index (χ2n) is 7.56. The first kappa shape index (κ1) is 21.0. The molecule has 1 N–H and O–H groups in total. The lowest BCUT2D eigenvalue weighted by Gasteiger charge is -2.25. The summed E-state index contributed by atoms with van der Waals surface area (Å²) in [6, 6.07) is 15.7. The van der Waals surface area contributed by atoms with Crippen molar-refractivity contribution in [3.63, 3.8) is 0 Å². The van der Waals surface area contributed by atoms with Gasteiger partial charge in [-0.15, -0.1) is 0 Å². The number of hydrogen-bond donors (Lipinski definition) is 1. The Morgan fingerprint density at radius 3 is 2.42 bits per heavy atom. The van der Waals surface area contributed by atoms with Crippen LogP contribution in [-0.2, 0) is 9.59 Å². The van der Waals surface area contributed by atoms with Crippen LogP contribution in [0, 0.1) is 5.82 Å². The van der Waals surface area contributed by atoms with Crippen LogP contribution in [-0.4, -0.2) is 30.0 Å². The number of ketones is 1. The predicted molar refractivity (Wildman–Crippen MR) is 120 cm³/mol. The molecule has 0 aromatic heterocycles. The molecule has 0 aliphatic carbocycles. The Bertz CT molecular complexity index is 1300. The van der Waals surface area contributed by atoms with E-state index in [0.717, 1.165) is 6.07 Å². The SMILES string of the molecule is O=C1C(=O)N(c2cccc(F)c2)C(c2ccc(Cl)cc2)/C1=C(/O)c1ccc2c(c1)OCCO2. The lowest BCUT2D eigenvalue weighted by Crippen LogP contribution is -2.29. The van der Waals surface area contributed by atoms with Gasteiger partial charge in [0.05, 0.1) is 11.6 Å². The van der Waals surface area contributed by atoms with Crippen molar-refractivity contribution < 1.29 is 28.6 Å². The molecule has 8 heteroatoms. The maximum Gasteiger partial charge on any atom is 0.300 e. The van der Waals surface area contributed by atoms with Gasteiger partial charge in [0.1, 0.15) is 24.8 Å². The van der Waals surface area contributed by atoms with Crippen molar-refractivity contribution in [3.8, 4) is 11.5 Å². The van der Waals surface area contributed by atoms with Crippen LogP contribution in [0.5, 0.6) is 11.5 Å². The molecule has 33 heavy (non-hydrogen) atoms. The number of halogens is 2. The van der Waals surface area contributed by atoms with Crippen LogP contribution < -0.4 is 14.4 Å². The molecule has 2 aliphatic rings. The zero-order chi connectivity index (χ0) is 23.1. The second kappa shape index (κ2) is 8.26. The van der Waals surface area contributed by atoms with Crippen LogP contribution in [0.3, 0.4) is 0 Å². The summed E-state index contributed by atoms with van der Waals surface area (Å²) in [6.45, 7) is 0.763. The molecule has 2 heterocycles. The highest BCUT2D eigenvalue weighted by Gasteiger charge is 2.47. The average Bonchev–Trinajstić information content (AvgIpc) is 3.09. The van der Waals surface area contributed by atoms with Crippen LogP contribution in [0.25, 0.3) is 5.76 Å². The number of carbonyl (C=O) groups is 2. The van der Waals surface area contributed by atoms with Gasteiger partial charge in [-0.1, -0.05) is 29.8 Å². The molecule has 0 spiro atoms. The van der Waals surface area contributed by atoms with E-state index in [1.807, 2.05) is 0 Å². The Morgan fingerprint density at radius 1 is 0.970 bits per heavy atom. The Morgan fingerprint density at radius 2 is 1.70 bits per heavy atom.